The lowest BCUT2D eigenvalue weighted by Gasteiger charge is -2.18. The molecule has 1 heterocycles. The molecular formula is C20H18Cl2N2O3. The highest BCUT2D eigenvalue weighted by Gasteiger charge is 2.39. The number of hydrogen-bond donors (Lipinski definition) is 1. The van der Waals surface area contributed by atoms with Gasteiger partial charge < -0.3 is 10.1 Å². The van der Waals surface area contributed by atoms with E-state index in [0.717, 1.165) is 21.6 Å². The van der Waals surface area contributed by atoms with Crippen LogP contribution in [0.3, 0.4) is 0 Å². The largest absolute Gasteiger partial charge is 0.495 e. The van der Waals surface area contributed by atoms with Gasteiger partial charge in [0.15, 0.2) is 0 Å². The van der Waals surface area contributed by atoms with Crippen LogP contribution in [0.25, 0.3) is 0 Å². The van der Waals surface area contributed by atoms with Gasteiger partial charge in [0.1, 0.15) is 16.5 Å². The van der Waals surface area contributed by atoms with Crippen molar-refractivity contribution in [3.05, 3.63) is 62.8 Å². The number of hydrogen-bond acceptors (Lipinski definition) is 4. The van der Waals surface area contributed by atoms with Gasteiger partial charge in [0.2, 0.25) is 0 Å². The van der Waals surface area contributed by atoms with E-state index in [0.29, 0.717) is 22.1 Å². The number of nitrogens with one attached hydrogen (secondary N) is 1. The lowest BCUT2D eigenvalue weighted by Crippen LogP contribution is -2.32. The van der Waals surface area contributed by atoms with Crippen molar-refractivity contribution in [1.29, 1.82) is 0 Å². The topological polar surface area (TPSA) is 58.6 Å². The monoisotopic (exact) mass is 404 g/mol. The number of rotatable bonds is 4. The Morgan fingerprint density at radius 3 is 2.30 bits per heavy atom. The molecule has 140 valence electrons. The molecule has 5 nitrogen and oxygen atoms in total. The zero-order chi connectivity index (χ0) is 19.9. The highest BCUT2D eigenvalue weighted by molar-refractivity contribution is 6.53. The zero-order valence-electron chi connectivity index (χ0n) is 15.3. The summed E-state index contributed by atoms with van der Waals surface area (Å²) in [6.45, 7) is 5.61. The predicted octanol–water partition coefficient (Wildman–Crippen LogP) is 4.71. The van der Waals surface area contributed by atoms with Gasteiger partial charge in [-0.3, -0.25) is 9.59 Å². The van der Waals surface area contributed by atoms with E-state index in [9.17, 15) is 9.59 Å². The first kappa shape index (κ1) is 19.3. The van der Waals surface area contributed by atoms with E-state index in [2.05, 4.69) is 5.32 Å². The van der Waals surface area contributed by atoms with Gasteiger partial charge in [-0.05, 0) is 44.0 Å². The summed E-state index contributed by atoms with van der Waals surface area (Å²) in [5.74, 6) is -0.653. The maximum atomic E-state index is 13.0. The fourth-order valence-electron chi connectivity index (χ4n) is 2.95. The summed E-state index contributed by atoms with van der Waals surface area (Å²) in [5, 5.41) is 3.30. The number of aryl methyl sites for hydroxylation is 3. The molecule has 2 amide bonds. The van der Waals surface area contributed by atoms with Crippen LogP contribution >= 0.6 is 23.2 Å². The molecule has 2 aromatic rings. The van der Waals surface area contributed by atoms with Crippen LogP contribution in [-0.4, -0.2) is 18.9 Å². The van der Waals surface area contributed by atoms with E-state index in [1.165, 1.54) is 7.11 Å². The molecule has 0 aromatic heterocycles. The Morgan fingerprint density at radius 1 is 0.963 bits per heavy atom. The van der Waals surface area contributed by atoms with Gasteiger partial charge in [0.05, 0.1) is 18.5 Å². The van der Waals surface area contributed by atoms with Crippen LogP contribution in [0.1, 0.15) is 16.7 Å². The van der Waals surface area contributed by atoms with E-state index in [1.807, 2.05) is 32.9 Å². The standard InChI is InChI=1S/C20H18Cl2N2O3/c1-10-5-6-15(12(3)7-10)24-19(25)17(22)18(20(24)26)23-14-8-11(2)13(21)9-16(14)27-4/h5-9,23H,1-4H3. The lowest BCUT2D eigenvalue weighted by molar-refractivity contribution is -0.120. The Morgan fingerprint density at radius 2 is 1.67 bits per heavy atom. The number of methoxy groups -OCH3 is 1. The van der Waals surface area contributed by atoms with Crippen molar-refractivity contribution < 1.29 is 14.3 Å². The molecule has 0 unspecified atom stereocenters. The van der Waals surface area contributed by atoms with Crippen LogP contribution in [0.15, 0.2) is 41.1 Å². The number of amides is 2. The first-order chi connectivity index (χ1) is 12.7. The molecule has 0 atom stereocenters. The van der Waals surface area contributed by atoms with Crippen molar-refractivity contribution >= 4 is 46.4 Å². The lowest BCUT2D eigenvalue weighted by atomic mass is 10.1. The van der Waals surface area contributed by atoms with Gasteiger partial charge in [0, 0.05) is 11.1 Å². The molecule has 0 saturated carbocycles. The van der Waals surface area contributed by atoms with Crippen molar-refractivity contribution in [2.45, 2.75) is 20.8 Å². The van der Waals surface area contributed by atoms with Crippen molar-refractivity contribution in [3.8, 4) is 5.75 Å². The summed E-state index contributed by atoms with van der Waals surface area (Å²) in [5.41, 5.74) is 3.64. The second kappa shape index (κ2) is 7.25. The summed E-state index contributed by atoms with van der Waals surface area (Å²) < 4.78 is 5.31. The Labute approximate surface area is 167 Å². The summed E-state index contributed by atoms with van der Waals surface area (Å²) in [4.78, 5) is 26.7. The molecule has 0 spiro atoms. The van der Waals surface area contributed by atoms with Gasteiger partial charge in [-0.15, -0.1) is 0 Å². The number of imide groups is 1. The summed E-state index contributed by atoms with van der Waals surface area (Å²) >= 11 is 12.3. The molecule has 3 rings (SSSR count). The Balaban J connectivity index is 1.99. The van der Waals surface area contributed by atoms with Gasteiger partial charge in [-0.2, -0.15) is 0 Å². The predicted molar refractivity (Wildman–Crippen MR) is 108 cm³/mol. The van der Waals surface area contributed by atoms with E-state index in [4.69, 9.17) is 27.9 Å². The van der Waals surface area contributed by atoms with Gasteiger partial charge in [0.25, 0.3) is 11.8 Å². The van der Waals surface area contributed by atoms with E-state index >= 15 is 0 Å². The molecule has 0 radical (unpaired) electrons. The fourth-order valence-corrected chi connectivity index (χ4v) is 3.32. The Hall–Kier alpha value is -2.50. The molecule has 0 aliphatic carbocycles. The maximum Gasteiger partial charge on any atom is 0.283 e. The molecular weight excluding hydrogens is 387 g/mol. The van der Waals surface area contributed by atoms with Crippen LogP contribution in [0.4, 0.5) is 11.4 Å². The molecule has 1 aliphatic rings. The highest BCUT2D eigenvalue weighted by Crippen LogP contribution is 2.36. The number of halogens is 2. The first-order valence-electron chi connectivity index (χ1n) is 8.21. The zero-order valence-corrected chi connectivity index (χ0v) is 16.8. The minimum absolute atomic E-state index is 0.00154. The SMILES string of the molecule is COc1cc(Cl)c(C)cc1NC1=C(Cl)C(=O)N(c2ccc(C)cc2C)C1=O. The van der Waals surface area contributed by atoms with Crippen molar-refractivity contribution in [2.24, 2.45) is 0 Å². The third-order valence-corrected chi connectivity index (χ3v) is 5.12. The molecule has 7 heteroatoms. The maximum absolute atomic E-state index is 13.0. The van der Waals surface area contributed by atoms with Gasteiger partial charge in [-0.25, -0.2) is 4.90 Å². The molecule has 0 bridgehead atoms. The highest BCUT2D eigenvalue weighted by atomic mass is 35.5. The van der Waals surface area contributed by atoms with Crippen molar-refractivity contribution in [3.63, 3.8) is 0 Å². The summed E-state index contributed by atoms with van der Waals surface area (Å²) in [7, 11) is 1.49. The smallest absolute Gasteiger partial charge is 0.283 e. The minimum Gasteiger partial charge on any atom is -0.495 e. The summed E-state index contributed by atoms with van der Waals surface area (Å²) in [6, 6.07) is 8.85. The van der Waals surface area contributed by atoms with Crippen molar-refractivity contribution in [1.82, 2.24) is 0 Å². The van der Waals surface area contributed by atoms with Crippen LogP contribution in [0.2, 0.25) is 5.02 Å². The average Bonchev–Trinajstić information content (AvgIpc) is 2.82. The fraction of sp³-hybridized carbons (Fsp3) is 0.200. The number of nitrogens with zero attached hydrogens (tertiary/aromatic N) is 1. The van der Waals surface area contributed by atoms with E-state index in [-0.39, 0.29) is 10.7 Å². The molecule has 1 aliphatic heterocycles. The second-order valence-electron chi connectivity index (χ2n) is 6.35. The quantitative estimate of drug-likeness (QED) is 0.749. The van der Waals surface area contributed by atoms with Crippen LogP contribution < -0.4 is 15.0 Å². The Bertz CT molecular complexity index is 999. The number of carbonyl (C=O) groups is 2. The number of carbonyl (C=O) groups excluding carboxylic acids is 2. The molecule has 1 N–H and O–H groups in total. The second-order valence-corrected chi connectivity index (χ2v) is 7.14. The summed E-state index contributed by atoms with van der Waals surface area (Å²) in [6.07, 6.45) is 0. The number of anilines is 2. The first-order valence-corrected chi connectivity index (χ1v) is 8.97. The number of ether oxygens (including phenoxy) is 1. The molecule has 2 aromatic carbocycles. The number of benzene rings is 2. The van der Waals surface area contributed by atoms with E-state index in [1.54, 1.807) is 18.2 Å². The molecule has 27 heavy (non-hydrogen) atoms. The van der Waals surface area contributed by atoms with Crippen LogP contribution in [0.5, 0.6) is 5.75 Å². The third kappa shape index (κ3) is 3.40. The average molecular weight is 405 g/mol. The van der Waals surface area contributed by atoms with E-state index < -0.39 is 11.8 Å². The third-order valence-electron chi connectivity index (χ3n) is 4.36. The minimum atomic E-state index is -0.569. The molecule has 0 fully saturated rings. The van der Waals surface area contributed by atoms with Gasteiger partial charge in [-0.1, -0.05) is 40.9 Å². The van der Waals surface area contributed by atoms with Crippen molar-refractivity contribution in [2.75, 3.05) is 17.3 Å². The van der Waals surface area contributed by atoms with Crippen LogP contribution in [-0.2, 0) is 9.59 Å². The molecule has 0 saturated heterocycles. The normalized spacial score (nSPS) is 14.2. The Kier molecular flexibility index (Phi) is 5.18. The van der Waals surface area contributed by atoms with Crippen LogP contribution in [0, 0.1) is 20.8 Å². The van der Waals surface area contributed by atoms with Gasteiger partial charge >= 0.3 is 0 Å².